The fourth-order valence-corrected chi connectivity index (χ4v) is 1.17. The first kappa shape index (κ1) is 34.2. The minimum atomic E-state index is 0. The maximum Gasteiger partial charge on any atom is 0.319 e. The molecule has 9 nitrogen and oxygen atoms in total. The molecule has 0 unspecified atom stereocenters. The summed E-state index contributed by atoms with van der Waals surface area (Å²) in [6.45, 7) is 2.71. The van der Waals surface area contributed by atoms with Gasteiger partial charge < -0.3 is 31.1 Å². The van der Waals surface area contributed by atoms with E-state index < -0.39 is 0 Å². The molecule has 0 spiro atoms. The van der Waals surface area contributed by atoms with Crippen molar-refractivity contribution in [2.24, 2.45) is 9.98 Å². The van der Waals surface area contributed by atoms with E-state index in [2.05, 4.69) is 31.3 Å². The molecule has 0 saturated carbocycles. The van der Waals surface area contributed by atoms with Crippen molar-refractivity contribution in [2.45, 2.75) is 21.8 Å². The summed E-state index contributed by atoms with van der Waals surface area (Å²) >= 11 is 0. The molecule has 0 aliphatic rings. The van der Waals surface area contributed by atoms with Crippen LogP contribution in [0.2, 0.25) is 0 Å². The average Bonchev–Trinajstić information content (AvgIpc) is 2.57. The fraction of sp³-hybridized carbons (Fsp3) is 0.812. The summed E-state index contributed by atoms with van der Waals surface area (Å²) in [5, 5.41) is 11.4. The molecule has 9 heteroatoms. The lowest BCUT2D eigenvalue weighted by molar-refractivity contribution is 0.184. The average molecular weight is 365 g/mol. The number of urea groups is 1. The topological polar surface area (TPSA) is 96.4 Å². The van der Waals surface area contributed by atoms with Crippen LogP contribution in [-0.2, 0) is 0 Å². The fourth-order valence-electron chi connectivity index (χ4n) is 1.17. The van der Waals surface area contributed by atoms with Gasteiger partial charge in [0.15, 0.2) is 11.9 Å². The molecule has 0 heterocycles. The molecule has 154 valence electrons. The molecule has 0 saturated heterocycles. The molecule has 0 aromatic carbocycles. The molecule has 0 bridgehead atoms. The Labute approximate surface area is 156 Å². The Balaban J connectivity index is -0.0000000778. The quantitative estimate of drug-likeness (QED) is 0.406. The first-order valence-corrected chi connectivity index (χ1v) is 7.36. The number of aliphatic imine (C=N–C) groups is 2. The maximum atomic E-state index is 10.9. The Morgan fingerprint density at radius 1 is 0.800 bits per heavy atom. The van der Waals surface area contributed by atoms with E-state index in [4.69, 9.17) is 0 Å². The van der Waals surface area contributed by atoms with Gasteiger partial charge in [-0.2, -0.15) is 0 Å². The Morgan fingerprint density at radius 3 is 1.12 bits per heavy atom. The van der Waals surface area contributed by atoms with Crippen LogP contribution in [-0.4, -0.2) is 97.7 Å². The predicted octanol–water partition coefficient (Wildman–Crippen LogP) is 0.714. The lowest BCUT2D eigenvalue weighted by atomic mass is 10.6. The van der Waals surface area contributed by atoms with E-state index in [0.717, 1.165) is 18.5 Å². The van der Waals surface area contributed by atoms with Crippen LogP contribution >= 0.6 is 0 Å². The summed E-state index contributed by atoms with van der Waals surface area (Å²) in [7, 11) is 16.0. The van der Waals surface area contributed by atoms with Gasteiger partial charge in [0.1, 0.15) is 0 Å². The molecule has 0 aromatic heterocycles. The molecule has 0 aliphatic heterocycles. The van der Waals surface area contributed by atoms with Crippen LogP contribution in [0, 0.1) is 0 Å². The summed E-state index contributed by atoms with van der Waals surface area (Å²) in [6.07, 6.45) is 0. The molecule has 0 atom stereocenters. The van der Waals surface area contributed by atoms with Gasteiger partial charge >= 0.3 is 6.03 Å². The summed E-state index contributed by atoms with van der Waals surface area (Å²) < 4.78 is 0. The SMILES string of the molecule is C.C.CCN(C)C(=O)N(C)C.CN=C(NC)NC.CN=C(NC)NC. The van der Waals surface area contributed by atoms with E-state index in [0.29, 0.717) is 0 Å². The standard InChI is InChI=1S/C6H14N2O.2C4H11N3.2CH4/c1-5-8(4)6(9)7(2)3;2*1-5-4(6-2)7-3;;/h5H2,1-4H3;2*1-3H3,(H2,5,6,7);2*1H4. The lowest BCUT2D eigenvalue weighted by Crippen LogP contribution is -2.35. The second kappa shape index (κ2) is 24.1. The van der Waals surface area contributed by atoms with Crippen LogP contribution in [0.15, 0.2) is 9.98 Å². The van der Waals surface area contributed by atoms with Gasteiger partial charge in [0, 0.05) is 70.0 Å². The molecule has 4 N–H and O–H groups in total. The first-order chi connectivity index (χ1) is 10.8. The monoisotopic (exact) mass is 364 g/mol. The number of carbonyl (C=O) groups is 1. The third-order valence-corrected chi connectivity index (χ3v) is 2.58. The number of rotatable bonds is 1. The third kappa shape index (κ3) is 21.8. The number of carbonyl (C=O) groups excluding carboxylic acids is 1. The molecule has 0 fully saturated rings. The zero-order valence-corrected chi connectivity index (χ0v) is 16.4. The van der Waals surface area contributed by atoms with Gasteiger partial charge in [-0.3, -0.25) is 9.98 Å². The summed E-state index contributed by atoms with van der Waals surface area (Å²) in [5.41, 5.74) is 0. The van der Waals surface area contributed by atoms with Crippen molar-refractivity contribution in [3.8, 4) is 0 Å². The van der Waals surface area contributed by atoms with Crippen molar-refractivity contribution >= 4 is 18.0 Å². The molecule has 0 radical (unpaired) electrons. The zero-order valence-electron chi connectivity index (χ0n) is 16.4. The number of nitrogens with zero attached hydrogens (tertiary/aromatic N) is 4. The second-order valence-electron chi connectivity index (χ2n) is 4.34. The van der Waals surface area contributed by atoms with E-state index in [9.17, 15) is 4.79 Å². The van der Waals surface area contributed by atoms with Gasteiger partial charge in [0.05, 0.1) is 0 Å². The number of nitrogens with one attached hydrogen (secondary N) is 4. The molecule has 0 aromatic rings. The molecule has 0 aliphatic carbocycles. The smallest absolute Gasteiger partial charge is 0.319 e. The summed E-state index contributed by atoms with van der Waals surface area (Å²) in [5.74, 6) is 1.61. The highest BCUT2D eigenvalue weighted by Gasteiger charge is 2.06. The van der Waals surface area contributed by atoms with E-state index in [1.165, 1.54) is 0 Å². The Bertz CT molecular complexity index is 311. The molecule has 0 rings (SSSR count). The van der Waals surface area contributed by atoms with Crippen molar-refractivity contribution < 1.29 is 4.79 Å². The first-order valence-electron chi connectivity index (χ1n) is 7.36. The second-order valence-corrected chi connectivity index (χ2v) is 4.34. The third-order valence-electron chi connectivity index (χ3n) is 2.58. The van der Waals surface area contributed by atoms with Crippen molar-refractivity contribution in [3.63, 3.8) is 0 Å². The van der Waals surface area contributed by atoms with Gasteiger partial charge in [-0.15, -0.1) is 0 Å². The zero-order chi connectivity index (χ0) is 18.8. The van der Waals surface area contributed by atoms with Gasteiger partial charge in [-0.1, -0.05) is 14.9 Å². The van der Waals surface area contributed by atoms with Gasteiger partial charge in [0.25, 0.3) is 0 Å². The van der Waals surface area contributed by atoms with E-state index >= 15 is 0 Å². The minimum Gasteiger partial charge on any atom is -0.359 e. The van der Waals surface area contributed by atoms with E-state index in [-0.39, 0.29) is 20.9 Å². The number of amides is 2. The van der Waals surface area contributed by atoms with Crippen LogP contribution in [0.3, 0.4) is 0 Å². The number of hydrogen-bond donors (Lipinski definition) is 4. The largest absolute Gasteiger partial charge is 0.359 e. The summed E-state index contributed by atoms with van der Waals surface area (Å²) in [4.78, 5) is 21.8. The van der Waals surface area contributed by atoms with Crippen LogP contribution in [0.4, 0.5) is 4.79 Å². The number of guanidine groups is 2. The van der Waals surface area contributed by atoms with Crippen LogP contribution < -0.4 is 21.3 Å². The highest BCUT2D eigenvalue weighted by Crippen LogP contribution is 1.87. The van der Waals surface area contributed by atoms with Gasteiger partial charge in [-0.05, 0) is 6.92 Å². The lowest BCUT2D eigenvalue weighted by Gasteiger charge is -2.19. The normalized spacial score (nSPS) is 7.28. The minimum absolute atomic E-state index is 0. The van der Waals surface area contributed by atoms with Gasteiger partial charge in [0.2, 0.25) is 0 Å². The predicted molar refractivity (Wildman–Crippen MR) is 114 cm³/mol. The van der Waals surface area contributed by atoms with Crippen LogP contribution in [0.5, 0.6) is 0 Å². The van der Waals surface area contributed by atoms with Crippen molar-refractivity contribution in [3.05, 3.63) is 0 Å². The van der Waals surface area contributed by atoms with Crippen LogP contribution in [0.25, 0.3) is 0 Å². The Kier molecular flexibility index (Phi) is 32.9. The molecular formula is C16H44N8O. The Morgan fingerprint density at radius 2 is 1.08 bits per heavy atom. The summed E-state index contributed by atoms with van der Waals surface area (Å²) in [6, 6.07) is 0.0532. The van der Waals surface area contributed by atoms with E-state index in [1.54, 1.807) is 45.0 Å². The Hall–Kier alpha value is -2.19. The molecule has 25 heavy (non-hydrogen) atoms. The highest BCUT2D eigenvalue weighted by molar-refractivity contribution is 5.79. The number of hydrogen-bond acceptors (Lipinski definition) is 3. The van der Waals surface area contributed by atoms with Crippen LogP contribution in [0.1, 0.15) is 21.8 Å². The van der Waals surface area contributed by atoms with Crippen molar-refractivity contribution in [1.29, 1.82) is 0 Å². The molecule has 2 amide bonds. The van der Waals surface area contributed by atoms with Crippen molar-refractivity contribution in [1.82, 2.24) is 31.1 Å². The molecular weight excluding hydrogens is 320 g/mol. The maximum absolute atomic E-state index is 10.9. The van der Waals surface area contributed by atoms with Crippen molar-refractivity contribution in [2.75, 3.05) is 70.0 Å². The van der Waals surface area contributed by atoms with E-state index in [1.807, 2.05) is 35.1 Å². The highest BCUT2D eigenvalue weighted by atomic mass is 16.2. The van der Waals surface area contributed by atoms with Gasteiger partial charge in [-0.25, -0.2) is 4.79 Å².